The molecule has 13 heteroatoms. The Bertz CT molecular complexity index is 1490. The number of urea groups is 1. The van der Waals surface area contributed by atoms with Gasteiger partial charge in [-0.3, -0.25) is 4.79 Å². The lowest BCUT2D eigenvalue weighted by Crippen LogP contribution is -2.30. The first-order valence-corrected chi connectivity index (χ1v) is 12.8. The molecule has 40 heavy (non-hydrogen) atoms. The molecule has 0 saturated heterocycles. The first kappa shape index (κ1) is 29.0. The maximum atomic E-state index is 13.3. The number of carboxylic acids is 1. The number of carbonyl (C=O) groups excluding carboxylic acids is 2. The topological polar surface area (TPSA) is 117 Å². The molecule has 0 aromatic heterocycles. The maximum Gasteiger partial charge on any atom is 0.573 e. The highest BCUT2D eigenvalue weighted by molar-refractivity contribution is 6.40. The average Bonchev–Trinajstić information content (AvgIpc) is 2.88. The molecule has 1 saturated carbocycles. The molecule has 0 radical (unpaired) electrons. The van der Waals surface area contributed by atoms with Crippen LogP contribution in [0.1, 0.15) is 42.5 Å². The molecule has 1 fully saturated rings. The Labute approximate surface area is 236 Å². The van der Waals surface area contributed by atoms with Gasteiger partial charge in [0.25, 0.3) is 5.91 Å². The Kier molecular flexibility index (Phi) is 8.75. The number of halogens is 5. The van der Waals surface area contributed by atoms with Crippen molar-refractivity contribution in [1.82, 2.24) is 5.32 Å². The number of alkyl halides is 3. The fraction of sp³-hybridized carbons (Fsp3) is 0.222. The number of amides is 3. The Morgan fingerprint density at radius 1 is 0.875 bits per heavy atom. The molecular formula is C27H22Cl2F3N3O5. The molecular weight excluding hydrogens is 574 g/mol. The monoisotopic (exact) mass is 595 g/mol. The molecule has 0 heterocycles. The average molecular weight is 596 g/mol. The van der Waals surface area contributed by atoms with Crippen LogP contribution in [0.5, 0.6) is 5.75 Å². The van der Waals surface area contributed by atoms with Gasteiger partial charge in [0, 0.05) is 12.1 Å². The van der Waals surface area contributed by atoms with Gasteiger partial charge in [-0.1, -0.05) is 53.9 Å². The molecule has 3 amide bonds. The molecule has 0 aliphatic heterocycles. The van der Waals surface area contributed by atoms with Crippen molar-refractivity contribution in [2.75, 3.05) is 10.6 Å². The molecule has 210 valence electrons. The van der Waals surface area contributed by atoms with E-state index in [2.05, 4.69) is 20.7 Å². The summed E-state index contributed by atoms with van der Waals surface area (Å²) in [5.74, 6) is -2.69. The van der Waals surface area contributed by atoms with E-state index in [0.717, 1.165) is 31.4 Å². The molecule has 0 spiro atoms. The first-order chi connectivity index (χ1) is 18.9. The van der Waals surface area contributed by atoms with Crippen LogP contribution in [-0.4, -0.2) is 29.4 Å². The van der Waals surface area contributed by atoms with Gasteiger partial charge >= 0.3 is 18.4 Å². The molecule has 0 atom stereocenters. The lowest BCUT2D eigenvalue weighted by atomic mass is 9.93. The van der Waals surface area contributed by atoms with E-state index in [1.165, 1.54) is 12.1 Å². The van der Waals surface area contributed by atoms with E-state index in [-0.39, 0.29) is 32.7 Å². The SMILES string of the molecule is O=C(Nc1cc2ccccc2cc1C(=O)NC(C(=O)O)=C1CCCCC1)Nc1c(Cl)cc(OC(F)(F)F)cc1Cl. The number of aliphatic carboxylic acids is 1. The number of fused-ring (bicyclic) bond motifs is 1. The maximum absolute atomic E-state index is 13.3. The van der Waals surface area contributed by atoms with Gasteiger partial charge in [-0.15, -0.1) is 13.2 Å². The van der Waals surface area contributed by atoms with Crippen LogP contribution in [0.2, 0.25) is 10.0 Å². The summed E-state index contributed by atoms with van der Waals surface area (Å²) in [5.41, 5.74) is 0.277. The largest absolute Gasteiger partial charge is 0.573 e. The van der Waals surface area contributed by atoms with Gasteiger partial charge in [0.2, 0.25) is 0 Å². The minimum Gasteiger partial charge on any atom is -0.477 e. The molecule has 0 bridgehead atoms. The molecule has 4 rings (SSSR count). The van der Waals surface area contributed by atoms with Crippen LogP contribution in [0.3, 0.4) is 0 Å². The number of benzene rings is 3. The number of hydrogen-bond acceptors (Lipinski definition) is 4. The minimum absolute atomic E-state index is 0.0184. The highest BCUT2D eigenvalue weighted by Crippen LogP contribution is 2.37. The van der Waals surface area contributed by atoms with Crippen molar-refractivity contribution in [3.63, 3.8) is 0 Å². The van der Waals surface area contributed by atoms with Crippen LogP contribution in [0.15, 0.2) is 59.8 Å². The number of hydrogen-bond donors (Lipinski definition) is 4. The fourth-order valence-electron chi connectivity index (χ4n) is 4.36. The summed E-state index contributed by atoms with van der Waals surface area (Å²) >= 11 is 12.1. The standard InChI is InChI=1S/C27H22Cl2F3N3O5/c28-19-12-17(40-27(30,31)32)13-20(29)23(19)35-26(39)33-21-11-16-9-5-4-8-15(16)10-18(21)24(36)34-22(25(37)38)14-6-2-1-3-7-14/h4-5,8-13H,1-3,6-7H2,(H,34,36)(H,37,38)(H2,33,35,39). The third-order valence-corrected chi connectivity index (χ3v) is 6.73. The van der Waals surface area contributed by atoms with E-state index in [4.69, 9.17) is 23.2 Å². The predicted octanol–water partition coefficient (Wildman–Crippen LogP) is 7.72. The van der Waals surface area contributed by atoms with Crippen molar-refractivity contribution in [2.45, 2.75) is 38.5 Å². The molecule has 3 aromatic carbocycles. The highest BCUT2D eigenvalue weighted by Gasteiger charge is 2.32. The first-order valence-electron chi connectivity index (χ1n) is 12.0. The zero-order valence-electron chi connectivity index (χ0n) is 20.6. The summed E-state index contributed by atoms with van der Waals surface area (Å²) in [6.45, 7) is 0. The quantitative estimate of drug-likeness (QED) is 0.218. The second-order valence-electron chi connectivity index (χ2n) is 8.93. The number of carboxylic acid groups (broad SMARTS) is 1. The van der Waals surface area contributed by atoms with Crippen molar-refractivity contribution in [3.8, 4) is 5.75 Å². The Morgan fingerprint density at radius 2 is 1.48 bits per heavy atom. The van der Waals surface area contributed by atoms with E-state index in [1.807, 2.05) is 0 Å². The number of rotatable bonds is 6. The lowest BCUT2D eigenvalue weighted by Gasteiger charge is -2.19. The van der Waals surface area contributed by atoms with Crippen LogP contribution < -0.4 is 20.7 Å². The summed E-state index contributed by atoms with van der Waals surface area (Å²) in [6, 6.07) is 10.8. The smallest absolute Gasteiger partial charge is 0.477 e. The molecule has 1 aliphatic rings. The zero-order valence-corrected chi connectivity index (χ0v) is 22.1. The second-order valence-corrected chi connectivity index (χ2v) is 9.75. The van der Waals surface area contributed by atoms with Crippen LogP contribution in [-0.2, 0) is 4.79 Å². The van der Waals surface area contributed by atoms with Gasteiger partial charge in [-0.25, -0.2) is 9.59 Å². The van der Waals surface area contributed by atoms with Gasteiger partial charge < -0.3 is 25.8 Å². The third-order valence-electron chi connectivity index (χ3n) is 6.13. The number of anilines is 2. The normalized spacial score (nSPS) is 13.5. The molecule has 8 nitrogen and oxygen atoms in total. The van der Waals surface area contributed by atoms with Crippen LogP contribution in [0, 0.1) is 0 Å². The van der Waals surface area contributed by atoms with E-state index in [9.17, 15) is 32.7 Å². The van der Waals surface area contributed by atoms with Gasteiger partial charge in [0.1, 0.15) is 11.4 Å². The summed E-state index contributed by atoms with van der Waals surface area (Å²) in [7, 11) is 0. The lowest BCUT2D eigenvalue weighted by molar-refractivity contribution is -0.274. The van der Waals surface area contributed by atoms with E-state index in [1.54, 1.807) is 24.3 Å². The molecule has 3 aromatic rings. The van der Waals surface area contributed by atoms with Crippen molar-refractivity contribution in [1.29, 1.82) is 0 Å². The van der Waals surface area contributed by atoms with E-state index in [0.29, 0.717) is 29.2 Å². The van der Waals surface area contributed by atoms with Gasteiger partial charge in [-0.05, 0) is 54.2 Å². The molecule has 1 aliphatic carbocycles. The summed E-state index contributed by atoms with van der Waals surface area (Å²) < 4.78 is 41.4. The van der Waals surface area contributed by atoms with Crippen molar-refractivity contribution < 1.29 is 37.4 Å². The number of ether oxygens (including phenoxy) is 1. The number of allylic oxidation sites excluding steroid dienone is 1. The highest BCUT2D eigenvalue weighted by atomic mass is 35.5. The van der Waals surface area contributed by atoms with Crippen LogP contribution in [0.4, 0.5) is 29.3 Å². The number of nitrogens with one attached hydrogen (secondary N) is 3. The Morgan fingerprint density at radius 3 is 2.05 bits per heavy atom. The van der Waals surface area contributed by atoms with Gasteiger partial charge in [0.05, 0.1) is 27.0 Å². The third kappa shape index (κ3) is 7.16. The summed E-state index contributed by atoms with van der Waals surface area (Å²) in [4.78, 5) is 38.2. The van der Waals surface area contributed by atoms with Crippen LogP contribution >= 0.6 is 23.2 Å². The molecule has 0 unspecified atom stereocenters. The zero-order chi connectivity index (χ0) is 29.0. The Hall–Kier alpha value is -3.96. The van der Waals surface area contributed by atoms with Crippen LogP contribution in [0.25, 0.3) is 10.8 Å². The van der Waals surface area contributed by atoms with E-state index >= 15 is 0 Å². The molecule has 4 N–H and O–H groups in total. The minimum atomic E-state index is -4.97. The predicted molar refractivity (Wildman–Crippen MR) is 145 cm³/mol. The fourth-order valence-corrected chi connectivity index (χ4v) is 4.92. The second kappa shape index (κ2) is 12.1. The summed E-state index contributed by atoms with van der Waals surface area (Å²) in [5, 5.41) is 17.8. The van der Waals surface area contributed by atoms with Crippen molar-refractivity contribution in [2.24, 2.45) is 0 Å². The van der Waals surface area contributed by atoms with Crippen molar-refractivity contribution in [3.05, 3.63) is 75.4 Å². The number of carbonyl (C=O) groups is 3. The van der Waals surface area contributed by atoms with Gasteiger partial charge in [-0.2, -0.15) is 0 Å². The summed E-state index contributed by atoms with van der Waals surface area (Å²) in [6.07, 6.45) is -1.24. The van der Waals surface area contributed by atoms with Gasteiger partial charge in [0.15, 0.2) is 0 Å². The van der Waals surface area contributed by atoms with E-state index < -0.39 is 30.0 Å². The Balaban J connectivity index is 1.63. The van der Waals surface area contributed by atoms with Crippen molar-refractivity contribution >= 4 is 63.3 Å².